The van der Waals surface area contributed by atoms with Crippen LogP contribution in [0.2, 0.25) is 0 Å². The predicted molar refractivity (Wildman–Crippen MR) is 116 cm³/mol. The number of aliphatic hydroxyl groups excluding tert-OH is 1. The Labute approximate surface area is 181 Å². The van der Waals surface area contributed by atoms with Crippen molar-refractivity contribution in [2.24, 2.45) is 0 Å². The molecule has 1 heterocycles. The van der Waals surface area contributed by atoms with Gasteiger partial charge in [0.15, 0.2) is 5.78 Å². The van der Waals surface area contributed by atoms with Crippen LogP contribution < -0.4 is 5.32 Å². The average Bonchev–Trinajstić information content (AvgIpc) is 3.15. The third-order valence-corrected chi connectivity index (χ3v) is 4.63. The van der Waals surface area contributed by atoms with Gasteiger partial charge in [0.1, 0.15) is 12.8 Å². The lowest BCUT2D eigenvalue weighted by Crippen LogP contribution is -2.36. The number of nitrogens with one attached hydrogen (secondary N) is 2. The van der Waals surface area contributed by atoms with E-state index in [4.69, 9.17) is 9.47 Å². The quantitative estimate of drug-likeness (QED) is 0.173. The molecule has 0 aliphatic carbocycles. The average molecular weight is 431 g/mol. The molecule has 1 unspecified atom stereocenters. The van der Waals surface area contributed by atoms with Crippen molar-refractivity contribution in [3.63, 3.8) is 0 Å². The van der Waals surface area contributed by atoms with Gasteiger partial charge >= 0.3 is 5.97 Å². The van der Waals surface area contributed by atoms with Crippen LogP contribution in [0, 0.1) is 0 Å². The molecule has 0 saturated heterocycles. The van der Waals surface area contributed by atoms with Gasteiger partial charge in [0.2, 0.25) is 5.91 Å². The van der Waals surface area contributed by atoms with Gasteiger partial charge in [0.05, 0.1) is 6.61 Å². The third-order valence-electron chi connectivity index (χ3n) is 4.63. The number of aliphatic hydroxyl groups is 1. The molecule has 2 rings (SSSR count). The Kier molecular flexibility index (Phi) is 10.5. The smallest absolute Gasteiger partial charge is 0.305 e. The molecule has 0 bridgehead atoms. The molecule has 0 saturated carbocycles. The van der Waals surface area contributed by atoms with Crippen molar-refractivity contribution in [3.8, 4) is 0 Å². The van der Waals surface area contributed by atoms with Gasteiger partial charge in [-0.25, -0.2) is 0 Å². The Balaban J connectivity index is 1.52. The first-order valence-corrected chi connectivity index (χ1v) is 10.4. The molecule has 3 N–H and O–H groups in total. The summed E-state index contributed by atoms with van der Waals surface area (Å²) in [5.41, 5.74) is 1.89. The number of para-hydroxylation sites is 1. The van der Waals surface area contributed by atoms with Crippen LogP contribution in [0.4, 0.5) is 0 Å². The van der Waals surface area contributed by atoms with Crippen molar-refractivity contribution in [3.05, 3.63) is 48.7 Å². The molecule has 1 aromatic heterocycles. The highest BCUT2D eigenvalue weighted by molar-refractivity contribution is 5.88. The molecule has 31 heavy (non-hydrogen) atoms. The molecule has 0 spiro atoms. The summed E-state index contributed by atoms with van der Waals surface area (Å²) < 4.78 is 10.3. The molecule has 0 fully saturated rings. The normalized spacial score (nSPS) is 11.8. The molecule has 0 aliphatic rings. The second-order valence-electron chi connectivity index (χ2n) is 7.11. The highest BCUT2D eigenvalue weighted by Gasteiger charge is 2.13. The number of ether oxygens (including phenoxy) is 2. The number of hydrogen-bond donors (Lipinski definition) is 3. The van der Waals surface area contributed by atoms with E-state index in [0.29, 0.717) is 32.3 Å². The van der Waals surface area contributed by atoms with Gasteiger partial charge in [-0.05, 0) is 30.5 Å². The van der Waals surface area contributed by atoms with E-state index >= 15 is 0 Å². The highest BCUT2D eigenvalue weighted by Crippen LogP contribution is 2.18. The summed E-state index contributed by atoms with van der Waals surface area (Å²) in [6, 6.07) is 7.74. The number of aromatic amines is 1. The van der Waals surface area contributed by atoms with Crippen LogP contribution in [0.25, 0.3) is 10.9 Å². The highest BCUT2D eigenvalue weighted by atomic mass is 16.6. The summed E-state index contributed by atoms with van der Waals surface area (Å²) in [6.45, 7) is 4.20. The Morgan fingerprint density at radius 1 is 1.10 bits per heavy atom. The number of carbonyl (C=O) groups excluding carboxylic acids is 3. The Morgan fingerprint density at radius 3 is 2.71 bits per heavy atom. The maximum Gasteiger partial charge on any atom is 0.305 e. The van der Waals surface area contributed by atoms with E-state index in [1.54, 1.807) is 0 Å². The van der Waals surface area contributed by atoms with E-state index in [1.807, 2.05) is 30.5 Å². The molecule has 8 nitrogen and oxygen atoms in total. The first-order valence-electron chi connectivity index (χ1n) is 10.4. The molecule has 1 aromatic carbocycles. The fourth-order valence-corrected chi connectivity index (χ4v) is 3.05. The van der Waals surface area contributed by atoms with E-state index in [2.05, 4.69) is 16.9 Å². The summed E-state index contributed by atoms with van der Waals surface area (Å²) in [5, 5.41) is 13.7. The van der Waals surface area contributed by atoms with Crippen LogP contribution in [0.3, 0.4) is 0 Å². The van der Waals surface area contributed by atoms with E-state index in [-0.39, 0.29) is 37.7 Å². The molecule has 2 aromatic rings. The van der Waals surface area contributed by atoms with E-state index in [9.17, 15) is 19.5 Å². The summed E-state index contributed by atoms with van der Waals surface area (Å²) in [6.07, 6.45) is 3.94. The van der Waals surface area contributed by atoms with Crippen LogP contribution >= 0.6 is 0 Å². The zero-order chi connectivity index (χ0) is 22.5. The lowest BCUT2D eigenvalue weighted by Gasteiger charge is -2.12. The van der Waals surface area contributed by atoms with E-state index in [1.165, 1.54) is 6.08 Å². The van der Waals surface area contributed by atoms with Gasteiger partial charge in [-0.3, -0.25) is 14.4 Å². The number of benzene rings is 1. The summed E-state index contributed by atoms with van der Waals surface area (Å²) in [5.74, 6) is -0.750. The molecule has 1 amide bonds. The van der Waals surface area contributed by atoms with Crippen molar-refractivity contribution in [1.29, 1.82) is 0 Å². The van der Waals surface area contributed by atoms with Crippen molar-refractivity contribution in [1.82, 2.24) is 10.3 Å². The summed E-state index contributed by atoms with van der Waals surface area (Å²) >= 11 is 0. The SMILES string of the molecule is C=CC(=O)CCCOCCOC(=O)CCCC(=O)NC(O)Cc1c[nH]c2ccccc12. The number of hydrogen-bond acceptors (Lipinski definition) is 6. The predicted octanol–water partition coefficient (Wildman–Crippen LogP) is 2.41. The zero-order valence-corrected chi connectivity index (χ0v) is 17.6. The van der Waals surface area contributed by atoms with E-state index < -0.39 is 12.2 Å². The molecule has 1 atom stereocenters. The second-order valence-corrected chi connectivity index (χ2v) is 7.11. The lowest BCUT2D eigenvalue weighted by atomic mass is 10.1. The molecular weight excluding hydrogens is 400 g/mol. The van der Waals surface area contributed by atoms with Crippen LogP contribution in [0.1, 0.15) is 37.7 Å². The Bertz CT molecular complexity index is 876. The maximum atomic E-state index is 12.0. The van der Waals surface area contributed by atoms with E-state index in [0.717, 1.165) is 16.5 Å². The number of ketones is 1. The molecule has 8 heteroatoms. The number of allylic oxidation sites excluding steroid dienone is 1. The van der Waals surface area contributed by atoms with Gasteiger partial charge in [0, 0.05) is 49.4 Å². The van der Waals surface area contributed by atoms with Crippen molar-refractivity contribution >= 4 is 28.6 Å². The minimum absolute atomic E-state index is 0.0236. The monoisotopic (exact) mass is 430 g/mol. The number of amides is 1. The van der Waals surface area contributed by atoms with Gasteiger partial charge in [0.25, 0.3) is 0 Å². The van der Waals surface area contributed by atoms with Crippen LogP contribution in [0.15, 0.2) is 43.1 Å². The minimum Gasteiger partial charge on any atom is -0.463 e. The Morgan fingerprint density at radius 2 is 1.90 bits per heavy atom. The summed E-state index contributed by atoms with van der Waals surface area (Å²) in [7, 11) is 0. The number of fused-ring (bicyclic) bond motifs is 1. The van der Waals surface area contributed by atoms with Crippen LogP contribution in [-0.4, -0.2) is 53.8 Å². The number of H-pyrrole nitrogens is 1. The molecular formula is C23H30N2O6. The van der Waals surface area contributed by atoms with Gasteiger partial charge < -0.3 is 24.9 Å². The largest absolute Gasteiger partial charge is 0.463 e. The minimum atomic E-state index is -1.00. The summed E-state index contributed by atoms with van der Waals surface area (Å²) in [4.78, 5) is 37.8. The van der Waals surface area contributed by atoms with Crippen LogP contribution in [0.5, 0.6) is 0 Å². The van der Waals surface area contributed by atoms with Crippen molar-refractivity contribution < 1.29 is 29.0 Å². The molecule has 168 valence electrons. The maximum absolute atomic E-state index is 12.0. The third kappa shape index (κ3) is 9.15. The van der Waals surface area contributed by atoms with Crippen LogP contribution in [-0.2, 0) is 30.3 Å². The zero-order valence-electron chi connectivity index (χ0n) is 17.6. The first kappa shape index (κ1) is 24.3. The standard InChI is InChI=1S/C23H30N2O6/c1-2-18(26)7-6-12-30-13-14-31-23(29)11-5-10-21(27)25-22(28)15-17-16-24-20-9-4-3-8-19(17)20/h2-4,8-9,16,22,24,28H,1,5-7,10-15H2,(H,25,27). The topological polar surface area (TPSA) is 118 Å². The number of carbonyl (C=O) groups is 3. The lowest BCUT2D eigenvalue weighted by molar-refractivity contribution is -0.145. The van der Waals surface area contributed by atoms with Gasteiger partial charge in [-0.1, -0.05) is 24.8 Å². The van der Waals surface area contributed by atoms with Gasteiger partial charge in [-0.15, -0.1) is 0 Å². The van der Waals surface area contributed by atoms with Crippen molar-refractivity contribution in [2.75, 3.05) is 19.8 Å². The van der Waals surface area contributed by atoms with Gasteiger partial charge in [-0.2, -0.15) is 0 Å². The van der Waals surface area contributed by atoms with Crippen molar-refractivity contribution in [2.45, 2.75) is 44.8 Å². The second kappa shape index (κ2) is 13.4. The fourth-order valence-electron chi connectivity index (χ4n) is 3.05. The number of aromatic nitrogens is 1. The Hall–Kier alpha value is -2.97. The fraction of sp³-hybridized carbons (Fsp3) is 0.435. The number of rotatable bonds is 15. The number of esters is 1. The molecule has 0 aliphatic heterocycles. The molecule has 0 radical (unpaired) electrons. The first-order chi connectivity index (χ1) is 15.0.